The van der Waals surface area contributed by atoms with Crippen LogP contribution in [0.3, 0.4) is 0 Å². The van der Waals surface area contributed by atoms with Crippen molar-refractivity contribution >= 4 is 5.91 Å². The van der Waals surface area contributed by atoms with Gasteiger partial charge in [-0.2, -0.15) is 0 Å². The van der Waals surface area contributed by atoms with Gasteiger partial charge in [-0.25, -0.2) is 0 Å². The second-order valence-electron chi connectivity index (χ2n) is 5.80. The van der Waals surface area contributed by atoms with E-state index in [9.17, 15) is 15.0 Å². The molecule has 4 heteroatoms. The van der Waals surface area contributed by atoms with Gasteiger partial charge >= 0.3 is 0 Å². The lowest BCUT2D eigenvalue weighted by molar-refractivity contribution is 0.0645. The van der Waals surface area contributed by atoms with Crippen molar-refractivity contribution < 1.29 is 15.0 Å². The van der Waals surface area contributed by atoms with E-state index in [2.05, 4.69) is 0 Å². The summed E-state index contributed by atoms with van der Waals surface area (Å²) in [5.41, 5.74) is 2.23. The Morgan fingerprint density at radius 1 is 1.17 bits per heavy atom. The van der Waals surface area contributed by atoms with E-state index in [1.165, 1.54) is 0 Å². The molecular weight excluding hydrogens is 290 g/mol. The van der Waals surface area contributed by atoms with Gasteiger partial charge in [-0.3, -0.25) is 4.79 Å². The highest BCUT2D eigenvalue weighted by Gasteiger charge is 2.23. The number of nitrogens with zero attached hydrogens (tertiary/aromatic N) is 1. The maximum absolute atomic E-state index is 12.9. The smallest absolute Gasteiger partial charge is 0.258 e. The molecule has 0 radical (unpaired) electrons. The Bertz CT molecular complexity index is 655. The molecule has 1 amide bonds. The number of aliphatic hydroxyl groups is 1. The molecule has 2 aromatic rings. The van der Waals surface area contributed by atoms with Crippen molar-refractivity contribution in [3.05, 3.63) is 65.2 Å². The highest BCUT2D eigenvalue weighted by Crippen LogP contribution is 2.23. The first-order valence-corrected chi connectivity index (χ1v) is 7.78. The molecule has 0 fully saturated rings. The Kier molecular flexibility index (Phi) is 5.77. The van der Waals surface area contributed by atoms with Crippen LogP contribution in [0.5, 0.6) is 5.75 Å². The number of phenolic OH excluding ortho intramolecular Hbond substituents is 1. The summed E-state index contributed by atoms with van der Waals surface area (Å²) < 4.78 is 0. The number of benzene rings is 2. The van der Waals surface area contributed by atoms with Crippen molar-refractivity contribution in [2.24, 2.45) is 0 Å². The molecule has 2 aromatic carbocycles. The molecule has 0 aliphatic heterocycles. The maximum Gasteiger partial charge on any atom is 0.258 e. The summed E-state index contributed by atoms with van der Waals surface area (Å²) in [6.45, 7) is 4.24. The molecule has 2 N–H and O–H groups in total. The fourth-order valence-corrected chi connectivity index (χ4v) is 2.53. The summed E-state index contributed by atoms with van der Waals surface area (Å²) in [5.74, 6) is -0.245. The lowest BCUT2D eigenvalue weighted by atomic mass is 10.1. The third kappa shape index (κ3) is 4.33. The number of aryl methyl sites for hydroxylation is 1. The standard InChI is InChI=1S/C19H23NO3/c1-14-8-9-18(22)17(12-14)19(23)20(15(2)10-11-21)13-16-6-4-3-5-7-16/h3-9,12,15,21-22H,10-11,13H2,1-2H3. The number of hydrogen-bond donors (Lipinski definition) is 2. The zero-order chi connectivity index (χ0) is 16.8. The molecule has 1 unspecified atom stereocenters. The first kappa shape index (κ1) is 17.0. The Hall–Kier alpha value is -2.33. The van der Waals surface area contributed by atoms with Gasteiger partial charge in [0.2, 0.25) is 0 Å². The summed E-state index contributed by atoms with van der Waals surface area (Å²) in [4.78, 5) is 14.6. The van der Waals surface area contributed by atoms with Gasteiger partial charge in [-0.1, -0.05) is 42.0 Å². The molecule has 0 aliphatic carbocycles. The number of phenols is 1. The quantitative estimate of drug-likeness (QED) is 0.861. The van der Waals surface area contributed by atoms with E-state index in [0.29, 0.717) is 18.5 Å². The van der Waals surface area contributed by atoms with Crippen molar-refractivity contribution in [1.82, 2.24) is 4.90 Å². The minimum Gasteiger partial charge on any atom is -0.507 e. The van der Waals surface area contributed by atoms with E-state index in [-0.39, 0.29) is 24.3 Å². The van der Waals surface area contributed by atoms with Crippen LogP contribution in [0.2, 0.25) is 0 Å². The SMILES string of the molecule is Cc1ccc(O)c(C(=O)N(Cc2ccccc2)C(C)CCO)c1. The molecule has 23 heavy (non-hydrogen) atoms. The van der Waals surface area contributed by atoms with E-state index in [0.717, 1.165) is 11.1 Å². The second-order valence-corrected chi connectivity index (χ2v) is 5.80. The topological polar surface area (TPSA) is 60.8 Å². The fourth-order valence-electron chi connectivity index (χ4n) is 2.53. The molecule has 0 saturated carbocycles. The van der Waals surface area contributed by atoms with Crippen LogP contribution in [0.25, 0.3) is 0 Å². The van der Waals surface area contributed by atoms with E-state index in [4.69, 9.17) is 0 Å². The number of aromatic hydroxyl groups is 1. The highest BCUT2D eigenvalue weighted by atomic mass is 16.3. The van der Waals surface area contributed by atoms with Crippen LogP contribution in [-0.2, 0) is 6.54 Å². The second kappa shape index (κ2) is 7.79. The van der Waals surface area contributed by atoms with Crippen LogP contribution in [0, 0.1) is 6.92 Å². The number of carbonyl (C=O) groups excluding carboxylic acids is 1. The van der Waals surface area contributed by atoms with Gasteiger partial charge in [0.25, 0.3) is 5.91 Å². The molecule has 0 aromatic heterocycles. The predicted octanol–water partition coefficient (Wildman–Crippen LogP) is 3.11. The zero-order valence-corrected chi connectivity index (χ0v) is 13.6. The van der Waals surface area contributed by atoms with Crippen molar-refractivity contribution in [2.75, 3.05) is 6.61 Å². The summed E-state index contributed by atoms with van der Waals surface area (Å²) in [6, 6.07) is 14.6. The summed E-state index contributed by atoms with van der Waals surface area (Å²) >= 11 is 0. The Labute approximate surface area is 137 Å². The van der Waals surface area contributed by atoms with Crippen molar-refractivity contribution in [1.29, 1.82) is 0 Å². The number of hydrogen-bond acceptors (Lipinski definition) is 3. The molecule has 0 aliphatic rings. The van der Waals surface area contributed by atoms with Crippen molar-refractivity contribution in [3.8, 4) is 5.75 Å². The molecule has 0 spiro atoms. The first-order valence-electron chi connectivity index (χ1n) is 7.78. The lowest BCUT2D eigenvalue weighted by Gasteiger charge is -2.29. The molecule has 0 saturated heterocycles. The minimum absolute atomic E-state index is 0.0134. The Morgan fingerprint density at radius 3 is 2.52 bits per heavy atom. The van der Waals surface area contributed by atoms with Gasteiger partial charge in [-0.05, 0) is 38.0 Å². The maximum atomic E-state index is 12.9. The van der Waals surface area contributed by atoms with Crippen LogP contribution < -0.4 is 0 Å². The van der Waals surface area contributed by atoms with Gasteiger partial charge < -0.3 is 15.1 Å². The lowest BCUT2D eigenvalue weighted by Crippen LogP contribution is -2.38. The van der Waals surface area contributed by atoms with Gasteiger partial charge in [0.05, 0.1) is 5.56 Å². The predicted molar refractivity (Wildman–Crippen MR) is 90.3 cm³/mol. The number of amides is 1. The Balaban J connectivity index is 2.32. The molecule has 2 rings (SSSR count). The van der Waals surface area contributed by atoms with Crippen LogP contribution in [0.1, 0.15) is 34.8 Å². The Morgan fingerprint density at radius 2 is 1.87 bits per heavy atom. The van der Waals surface area contributed by atoms with E-state index >= 15 is 0 Å². The van der Waals surface area contributed by atoms with Crippen LogP contribution in [0.15, 0.2) is 48.5 Å². The molecule has 0 heterocycles. The highest BCUT2D eigenvalue weighted by molar-refractivity contribution is 5.97. The number of rotatable bonds is 6. The van der Waals surface area contributed by atoms with E-state index < -0.39 is 0 Å². The van der Waals surface area contributed by atoms with Crippen LogP contribution >= 0.6 is 0 Å². The first-order chi connectivity index (χ1) is 11.0. The van der Waals surface area contributed by atoms with Gasteiger partial charge in [0, 0.05) is 19.2 Å². The van der Waals surface area contributed by atoms with Crippen LogP contribution in [0.4, 0.5) is 0 Å². The van der Waals surface area contributed by atoms with E-state index in [1.54, 1.807) is 23.1 Å². The van der Waals surface area contributed by atoms with Crippen LogP contribution in [-0.4, -0.2) is 33.7 Å². The fraction of sp³-hybridized carbons (Fsp3) is 0.316. The minimum atomic E-state index is -0.226. The largest absolute Gasteiger partial charge is 0.507 e. The molecule has 122 valence electrons. The van der Waals surface area contributed by atoms with Gasteiger partial charge in [-0.15, -0.1) is 0 Å². The van der Waals surface area contributed by atoms with Gasteiger partial charge in [0.1, 0.15) is 5.75 Å². The number of aliphatic hydroxyl groups excluding tert-OH is 1. The van der Waals surface area contributed by atoms with E-state index in [1.807, 2.05) is 44.2 Å². The molecule has 1 atom stereocenters. The molecule has 4 nitrogen and oxygen atoms in total. The summed E-state index contributed by atoms with van der Waals surface area (Å²) in [7, 11) is 0. The monoisotopic (exact) mass is 313 g/mol. The molecular formula is C19H23NO3. The number of carbonyl (C=O) groups is 1. The van der Waals surface area contributed by atoms with Crippen molar-refractivity contribution in [3.63, 3.8) is 0 Å². The average molecular weight is 313 g/mol. The summed E-state index contributed by atoms with van der Waals surface area (Å²) in [5, 5.41) is 19.3. The summed E-state index contributed by atoms with van der Waals surface area (Å²) in [6.07, 6.45) is 0.491. The van der Waals surface area contributed by atoms with Crippen molar-refractivity contribution in [2.45, 2.75) is 32.9 Å². The zero-order valence-electron chi connectivity index (χ0n) is 13.6. The third-order valence-electron chi connectivity index (χ3n) is 3.92. The van der Waals surface area contributed by atoms with Gasteiger partial charge in [0.15, 0.2) is 0 Å². The molecule has 0 bridgehead atoms. The third-order valence-corrected chi connectivity index (χ3v) is 3.92. The normalized spacial score (nSPS) is 12.0. The average Bonchev–Trinajstić information content (AvgIpc) is 2.55.